The second kappa shape index (κ2) is 9.82. The number of anilines is 2. The van der Waals surface area contributed by atoms with E-state index in [-0.39, 0.29) is 0 Å². The van der Waals surface area contributed by atoms with Gasteiger partial charge in [-0.15, -0.1) is 0 Å². The first-order chi connectivity index (χ1) is 14.1. The molecule has 7 nitrogen and oxygen atoms in total. The van der Waals surface area contributed by atoms with Crippen LogP contribution in [0.15, 0.2) is 42.5 Å². The first-order valence-corrected chi connectivity index (χ1v) is 9.76. The fraction of sp³-hybridized carbons (Fsp3) is 0.364. The molecule has 2 aromatic carbocycles. The quantitative estimate of drug-likeness (QED) is 0.702. The van der Waals surface area contributed by atoms with Gasteiger partial charge in [-0.1, -0.05) is 12.1 Å². The number of nitrogens with one attached hydrogen (secondary N) is 2. The number of carbonyl (C=O) groups is 2. The van der Waals surface area contributed by atoms with Crippen molar-refractivity contribution in [3.63, 3.8) is 0 Å². The van der Waals surface area contributed by atoms with Gasteiger partial charge in [-0.25, -0.2) is 0 Å². The number of hydrogen-bond donors (Lipinski definition) is 2. The third-order valence-corrected chi connectivity index (χ3v) is 4.97. The largest absolute Gasteiger partial charge is 0.497 e. The third kappa shape index (κ3) is 5.40. The molecule has 2 aromatic rings. The Bertz CT molecular complexity index is 846. The Balaban J connectivity index is 1.48. The normalized spacial score (nSPS) is 13.1. The minimum Gasteiger partial charge on any atom is -0.497 e. The van der Waals surface area contributed by atoms with Crippen molar-refractivity contribution >= 4 is 23.2 Å². The molecule has 0 unspecified atom stereocenters. The van der Waals surface area contributed by atoms with E-state index in [1.165, 1.54) is 32.7 Å². The summed E-state index contributed by atoms with van der Waals surface area (Å²) in [6.07, 6.45) is 3.15. The van der Waals surface area contributed by atoms with E-state index in [4.69, 9.17) is 9.47 Å². The van der Waals surface area contributed by atoms with Gasteiger partial charge in [0.25, 0.3) is 0 Å². The van der Waals surface area contributed by atoms with Gasteiger partial charge in [-0.05, 0) is 49.1 Å². The predicted octanol–water partition coefficient (Wildman–Crippen LogP) is 2.60. The molecule has 0 spiro atoms. The van der Waals surface area contributed by atoms with Crippen molar-refractivity contribution in [3.05, 3.63) is 48.0 Å². The van der Waals surface area contributed by atoms with E-state index in [2.05, 4.69) is 39.8 Å². The van der Waals surface area contributed by atoms with E-state index in [1.807, 2.05) is 0 Å². The highest BCUT2D eigenvalue weighted by Crippen LogP contribution is 2.28. The van der Waals surface area contributed by atoms with Crippen LogP contribution in [0.25, 0.3) is 0 Å². The average Bonchev–Trinajstić information content (AvgIpc) is 3.29. The van der Waals surface area contributed by atoms with Crippen LogP contribution in [0.3, 0.4) is 0 Å². The molecule has 29 heavy (non-hydrogen) atoms. The maximum Gasteiger partial charge on any atom is 0.313 e. The van der Waals surface area contributed by atoms with Crippen LogP contribution in [0.2, 0.25) is 0 Å². The number of rotatable bonds is 7. The highest BCUT2D eigenvalue weighted by atomic mass is 16.5. The molecular weight excluding hydrogens is 370 g/mol. The molecule has 1 heterocycles. The molecule has 0 aromatic heterocycles. The lowest BCUT2D eigenvalue weighted by molar-refractivity contribution is -0.136. The number of amides is 2. The van der Waals surface area contributed by atoms with Crippen LogP contribution in [0.4, 0.5) is 11.4 Å². The molecule has 0 saturated carbocycles. The number of nitrogens with zero attached hydrogens (tertiary/aromatic N) is 1. The Morgan fingerprint density at radius 1 is 0.966 bits per heavy atom. The van der Waals surface area contributed by atoms with Crippen LogP contribution in [-0.2, 0) is 16.0 Å². The molecule has 1 aliphatic rings. The van der Waals surface area contributed by atoms with Crippen LogP contribution < -0.4 is 25.0 Å². The number of carbonyl (C=O) groups excluding carboxylic acids is 2. The summed E-state index contributed by atoms with van der Waals surface area (Å²) in [6.45, 7) is 2.61. The molecule has 0 radical (unpaired) electrons. The van der Waals surface area contributed by atoms with E-state index in [0.717, 1.165) is 18.7 Å². The van der Waals surface area contributed by atoms with Crippen LogP contribution in [0, 0.1) is 0 Å². The Morgan fingerprint density at radius 2 is 1.69 bits per heavy atom. The second-order valence-electron chi connectivity index (χ2n) is 6.89. The molecular formula is C22H27N3O4. The Labute approximate surface area is 171 Å². The van der Waals surface area contributed by atoms with Crippen molar-refractivity contribution in [2.45, 2.75) is 19.3 Å². The lowest BCUT2D eigenvalue weighted by atomic mass is 10.1. The number of hydrogen-bond acceptors (Lipinski definition) is 5. The van der Waals surface area contributed by atoms with Crippen LogP contribution >= 0.6 is 0 Å². The summed E-state index contributed by atoms with van der Waals surface area (Å²) in [5.74, 6) is -0.437. The maximum absolute atomic E-state index is 12.2. The van der Waals surface area contributed by atoms with Crippen molar-refractivity contribution in [2.24, 2.45) is 0 Å². The Morgan fingerprint density at radius 3 is 2.34 bits per heavy atom. The molecule has 1 saturated heterocycles. The third-order valence-electron chi connectivity index (χ3n) is 4.97. The summed E-state index contributed by atoms with van der Waals surface area (Å²) in [6, 6.07) is 13.4. The SMILES string of the molecule is COc1ccc(OC)c(NC(=O)C(=O)NCCc2ccc(N3CCCC3)cc2)c1. The summed E-state index contributed by atoms with van der Waals surface area (Å²) in [7, 11) is 3.02. The predicted molar refractivity (Wildman–Crippen MR) is 113 cm³/mol. The molecule has 154 valence electrons. The van der Waals surface area contributed by atoms with Crippen molar-refractivity contribution in [1.29, 1.82) is 0 Å². The van der Waals surface area contributed by atoms with Gasteiger partial charge >= 0.3 is 11.8 Å². The van der Waals surface area contributed by atoms with Crippen molar-refractivity contribution in [2.75, 3.05) is 44.1 Å². The van der Waals surface area contributed by atoms with Gasteiger partial charge in [-0.2, -0.15) is 0 Å². The van der Waals surface area contributed by atoms with Crippen LogP contribution in [0.5, 0.6) is 11.5 Å². The first-order valence-electron chi connectivity index (χ1n) is 9.76. The Kier molecular flexibility index (Phi) is 6.94. The molecule has 0 bridgehead atoms. The summed E-state index contributed by atoms with van der Waals surface area (Å²) >= 11 is 0. The molecule has 2 amide bonds. The molecule has 7 heteroatoms. The molecule has 1 aliphatic heterocycles. The van der Waals surface area contributed by atoms with Gasteiger partial charge in [-0.3, -0.25) is 9.59 Å². The minimum atomic E-state index is -0.749. The molecule has 1 fully saturated rings. The van der Waals surface area contributed by atoms with E-state index in [9.17, 15) is 9.59 Å². The van der Waals surface area contributed by atoms with Crippen molar-refractivity contribution in [1.82, 2.24) is 5.32 Å². The van der Waals surface area contributed by atoms with Gasteiger partial charge in [0.2, 0.25) is 0 Å². The van der Waals surface area contributed by atoms with Crippen molar-refractivity contribution in [3.8, 4) is 11.5 Å². The van der Waals surface area contributed by atoms with Gasteiger partial charge < -0.3 is 25.0 Å². The topological polar surface area (TPSA) is 79.9 Å². The van der Waals surface area contributed by atoms with E-state index in [0.29, 0.717) is 30.2 Å². The van der Waals surface area contributed by atoms with E-state index < -0.39 is 11.8 Å². The van der Waals surface area contributed by atoms with Gasteiger partial charge in [0.15, 0.2) is 0 Å². The summed E-state index contributed by atoms with van der Waals surface area (Å²) < 4.78 is 10.3. The second-order valence-corrected chi connectivity index (χ2v) is 6.89. The van der Waals surface area contributed by atoms with E-state index in [1.54, 1.807) is 18.2 Å². The van der Waals surface area contributed by atoms with E-state index >= 15 is 0 Å². The smallest absolute Gasteiger partial charge is 0.313 e. The zero-order valence-corrected chi connectivity index (χ0v) is 16.9. The fourth-order valence-corrected chi connectivity index (χ4v) is 3.34. The maximum atomic E-state index is 12.2. The van der Waals surface area contributed by atoms with Gasteiger partial charge in [0, 0.05) is 31.4 Å². The molecule has 0 atom stereocenters. The Hall–Kier alpha value is -3.22. The summed E-state index contributed by atoms with van der Waals surface area (Å²) in [5, 5.41) is 5.22. The monoisotopic (exact) mass is 397 g/mol. The van der Waals surface area contributed by atoms with Gasteiger partial charge in [0.05, 0.1) is 19.9 Å². The standard InChI is InChI=1S/C22H27N3O4/c1-28-18-9-10-20(29-2)19(15-18)24-22(27)21(26)23-12-11-16-5-7-17(8-6-16)25-13-3-4-14-25/h5-10,15H,3-4,11-14H2,1-2H3,(H,23,26)(H,24,27). The zero-order chi connectivity index (χ0) is 20.6. The van der Waals surface area contributed by atoms with Crippen molar-refractivity contribution < 1.29 is 19.1 Å². The molecule has 0 aliphatic carbocycles. The zero-order valence-electron chi connectivity index (χ0n) is 16.9. The minimum absolute atomic E-state index is 0.379. The number of methoxy groups -OCH3 is 2. The molecule has 3 rings (SSSR count). The first kappa shape index (κ1) is 20.5. The highest BCUT2D eigenvalue weighted by Gasteiger charge is 2.16. The lowest BCUT2D eigenvalue weighted by Crippen LogP contribution is -2.36. The van der Waals surface area contributed by atoms with Crippen LogP contribution in [0.1, 0.15) is 18.4 Å². The number of ether oxygens (including phenoxy) is 2. The number of benzene rings is 2. The van der Waals surface area contributed by atoms with Gasteiger partial charge in [0.1, 0.15) is 11.5 Å². The summed E-state index contributed by atoms with van der Waals surface area (Å²) in [5.41, 5.74) is 2.73. The van der Waals surface area contributed by atoms with Crippen LogP contribution in [-0.4, -0.2) is 45.7 Å². The fourth-order valence-electron chi connectivity index (χ4n) is 3.34. The molecule has 2 N–H and O–H groups in total. The average molecular weight is 397 g/mol. The highest BCUT2D eigenvalue weighted by molar-refractivity contribution is 6.39. The lowest BCUT2D eigenvalue weighted by Gasteiger charge is -2.17. The summed E-state index contributed by atoms with van der Waals surface area (Å²) in [4.78, 5) is 26.7.